The number of aromatic nitrogens is 1. The van der Waals surface area contributed by atoms with Crippen LogP contribution in [0.3, 0.4) is 0 Å². The number of nitrogens with zero attached hydrogens (tertiary/aromatic N) is 1. The first-order valence-electron chi connectivity index (χ1n) is 7.19. The number of fused-ring (bicyclic) bond motifs is 1. The first-order chi connectivity index (χ1) is 10.0. The quantitative estimate of drug-likeness (QED) is 0.832. The number of rotatable bonds is 6. The number of pyridine rings is 1. The van der Waals surface area contributed by atoms with Crippen molar-refractivity contribution in [3.63, 3.8) is 0 Å². The Bertz CT molecular complexity index is 682. The van der Waals surface area contributed by atoms with E-state index in [1.807, 2.05) is 0 Å². The molecule has 114 valence electrons. The zero-order valence-corrected chi connectivity index (χ0v) is 12.6. The van der Waals surface area contributed by atoms with E-state index in [4.69, 9.17) is 4.74 Å². The minimum Gasteiger partial charge on any atom is -0.487 e. The molecule has 2 aromatic rings. The molecule has 0 unspecified atom stereocenters. The molecule has 1 aromatic carbocycles. The largest absolute Gasteiger partial charge is 0.487 e. The highest BCUT2D eigenvalue weighted by Gasteiger charge is 2.12. The van der Waals surface area contributed by atoms with Crippen molar-refractivity contribution in [2.45, 2.75) is 26.3 Å². The summed E-state index contributed by atoms with van der Waals surface area (Å²) in [6.07, 6.45) is 1.02. The van der Waals surface area contributed by atoms with Gasteiger partial charge in [-0.25, -0.2) is 4.39 Å². The van der Waals surface area contributed by atoms with Crippen LogP contribution in [-0.2, 0) is 7.05 Å². The van der Waals surface area contributed by atoms with Gasteiger partial charge in [0, 0.05) is 31.1 Å². The Balaban J connectivity index is 2.24. The smallest absolute Gasteiger partial charge is 0.250 e. The fourth-order valence-corrected chi connectivity index (χ4v) is 2.17. The maximum atomic E-state index is 14.0. The molecule has 2 rings (SSSR count). The van der Waals surface area contributed by atoms with Gasteiger partial charge in [0.1, 0.15) is 6.61 Å². The van der Waals surface area contributed by atoms with E-state index in [1.54, 1.807) is 19.2 Å². The molecule has 5 heteroatoms. The number of ether oxygens (including phenoxy) is 1. The lowest BCUT2D eigenvalue weighted by Crippen LogP contribution is -2.29. The lowest BCUT2D eigenvalue weighted by Gasteiger charge is -2.15. The summed E-state index contributed by atoms with van der Waals surface area (Å²) in [4.78, 5) is 11.7. The highest BCUT2D eigenvalue weighted by molar-refractivity contribution is 5.85. The van der Waals surface area contributed by atoms with E-state index >= 15 is 0 Å². The van der Waals surface area contributed by atoms with E-state index in [0.717, 1.165) is 11.8 Å². The van der Waals surface area contributed by atoms with Crippen molar-refractivity contribution in [1.82, 2.24) is 9.88 Å². The van der Waals surface area contributed by atoms with Crippen molar-refractivity contribution in [2.24, 2.45) is 7.05 Å². The van der Waals surface area contributed by atoms with Crippen LogP contribution in [0, 0.1) is 5.82 Å². The fraction of sp³-hybridized carbons (Fsp3) is 0.438. The van der Waals surface area contributed by atoms with Crippen LogP contribution in [0.15, 0.2) is 29.1 Å². The van der Waals surface area contributed by atoms with E-state index in [1.165, 1.54) is 16.7 Å². The van der Waals surface area contributed by atoms with Crippen LogP contribution in [0.2, 0.25) is 0 Å². The van der Waals surface area contributed by atoms with Crippen LogP contribution in [0.4, 0.5) is 4.39 Å². The van der Waals surface area contributed by atoms with E-state index in [-0.39, 0.29) is 11.3 Å². The van der Waals surface area contributed by atoms with Crippen molar-refractivity contribution in [2.75, 3.05) is 13.2 Å². The second-order valence-corrected chi connectivity index (χ2v) is 5.16. The molecule has 21 heavy (non-hydrogen) atoms. The summed E-state index contributed by atoms with van der Waals surface area (Å²) in [6.45, 7) is 5.16. The van der Waals surface area contributed by atoms with E-state index in [0.29, 0.717) is 24.7 Å². The van der Waals surface area contributed by atoms with E-state index in [9.17, 15) is 9.18 Å². The zero-order valence-electron chi connectivity index (χ0n) is 12.6. The van der Waals surface area contributed by atoms with E-state index < -0.39 is 5.82 Å². The summed E-state index contributed by atoms with van der Waals surface area (Å²) in [5.41, 5.74) is 0.307. The number of benzene rings is 1. The SMILES string of the molecule is CC[C@@H](C)NCCOc1c(F)ccc2ccc(=O)n(C)c12. The third-order valence-electron chi connectivity index (χ3n) is 3.64. The molecule has 0 saturated carbocycles. The molecule has 1 heterocycles. The van der Waals surface area contributed by atoms with Crippen LogP contribution < -0.4 is 15.6 Å². The Labute approximate surface area is 123 Å². The average Bonchev–Trinajstić information content (AvgIpc) is 2.48. The third kappa shape index (κ3) is 3.42. The molecule has 0 spiro atoms. The standard InChI is InChI=1S/C16H21FN2O2/c1-4-11(2)18-9-10-21-16-13(17)7-5-12-6-8-14(20)19(3)15(12)16/h5-8,11,18H,4,9-10H2,1-3H3/t11-/m1/s1. The molecule has 0 amide bonds. The molecule has 1 aromatic heterocycles. The summed E-state index contributed by atoms with van der Waals surface area (Å²) >= 11 is 0. The topological polar surface area (TPSA) is 43.3 Å². The van der Waals surface area contributed by atoms with Crippen LogP contribution in [0.5, 0.6) is 5.75 Å². The van der Waals surface area contributed by atoms with Crippen molar-refractivity contribution in [3.8, 4) is 5.75 Å². The zero-order chi connectivity index (χ0) is 15.4. The molecule has 0 aliphatic rings. The second kappa shape index (κ2) is 6.72. The number of aryl methyl sites for hydroxylation is 1. The molecule has 0 bridgehead atoms. The summed E-state index contributed by atoms with van der Waals surface area (Å²) in [5, 5.41) is 4.06. The maximum absolute atomic E-state index is 14.0. The molecule has 1 N–H and O–H groups in total. The van der Waals surface area contributed by atoms with Crippen molar-refractivity contribution < 1.29 is 9.13 Å². The molecule has 1 atom stereocenters. The minimum atomic E-state index is -0.452. The van der Waals surface area contributed by atoms with E-state index in [2.05, 4.69) is 19.2 Å². The number of hydrogen-bond acceptors (Lipinski definition) is 3. The normalized spacial score (nSPS) is 12.6. The van der Waals surface area contributed by atoms with Gasteiger partial charge in [0.15, 0.2) is 11.6 Å². The molecule has 0 saturated heterocycles. The predicted molar refractivity (Wildman–Crippen MR) is 82.4 cm³/mol. The van der Waals surface area contributed by atoms with Gasteiger partial charge >= 0.3 is 0 Å². The first kappa shape index (κ1) is 15.5. The van der Waals surface area contributed by atoms with Crippen LogP contribution in [-0.4, -0.2) is 23.8 Å². The van der Waals surface area contributed by atoms with Gasteiger partial charge in [-0.2, -0.15) is 0 Å². The van der Waals surface area contributed by atoms with Gasteiger partial charge in [-0.1, -0.05) is 6.92 Å². The predicted octanol–water partition coefficient (Wildman–Crippen LogP) is 2.44. The molecule has 0 fully saturated rings. The summed E-state index contributed by atoms with van der Waals surface area (Å²) in [7, 11) is 1.62. The van der Waals surface area contributed by atoms with Crippen LogP contribution >= 0.6 is 0 Å². The molecular weight excluding hydrogens is 271 g/mol. The number of nitrogens with one attached hydrogen (secondary N) is 1. The van der Waals surface area contributed by atoms with Gasteiger partial charge in [-0.15, -0.1) is 0 Å². The third-order valence-corrected chi connectivity index (χ3v) is 3.64. The highest BCUT2D eigenvalue weighted by atomic mass is 19.1. The number of halogens is 1. The van der Waals surface area contributed by atoms with Gasteiger partial charge in [0.2, 0.25) is 0 Å². The molecule has 0 aliphatic heterocycles. The summed E-state index contributed by atoms with van der Waals surface area (Å²) in [5.74, 6) is -0.314. The Hall–Kier alpha value is -1.88. The first-order valence-corrected chi connectivity index (χ1v) is 7.19. The maximum Gasteiger partial charge on any atom is 0.250 e. The molecule has 0 aliphatic carbocycles. The van der Waals surface area contributed by atoms with Gasteiger partial charge in [-0.3, -0.25) is 4.79 Å². The molecule has 0 radical (unpaired) electrons. The lowest BCUT2D eigenvalue weighted by molar-refractivity contribution is 0.294. The molecule has 4 nitrogen and oxygen atoms in total. The Morgan fingerprint density at radius 1 is 1.33 bits per heavy atom. The van der Waals surface area contributed by atoms with Crippen molar-refractivity contribution in [1.29, 1.82) is 0 Å². The summed E-state index contributed by atoms with van der Waals surface area (Å²) < 4.78 is 21.0. The monoisotopic (exact) mass is 292 g/mol. The average molecular weight is 292 g/mol. The van der Waals surface area contributed by atoms with Gasteiger partial charge in [-0.05, 0) is 31.5 Å². The van der Waals surface area contributed by atoms with Crippen molar-refractivity contribution >= 4 is 10.9 Å². The van der Waals surface area contributed by atoms with Gasteiger partial charge in [0.05, 0.1) is 5.52 Å². The van der Waals surface area contributed by atoms with Crippen molar-refractivity contribution in [3.05, 3.63) is 40.4 Å². The van der Waals surface area contributed by atoms with Gasteiger partial charge < -0.3 is 14.6 Å². The number of hydrogen-bond donors (Lipinski definition) is 1. The summed E-state index contributed by atoms with van der Waals surface area (Å²) in [6, 6.07) is 6.56. The lowest BCUT2D eigenvalue weighted by atomic mass is 10.2. The van der Waals surface area contributed by atoms with Crippen LogP contribution in [0.25, 0.3) is 10.9 Å². The Kier molecular flexibility index (Phi) is 4.96. The highest BCUT2D eigenvalue weighted by Crippen LogP contribution is 2.27. The second-order valence-electron chi connectivity index (χ2n) is 5.16. The Morgan fingerprint density at radius 2 is 2.05 bits per heavy atom. The fourth-order valence-electron chi connectivity index (χ4n) is 2.17. The Morgan fingerprint density at radius 3 is 2.76 bits per heavy atom. The van der Waals surface area contributed by atoms with Gasteiger partial charge in [0.25, 0.3) is 5.56 Å². The molecular formula is C16H21FN2O2. The minimum absolute atomic E-state index is 0.138. The van der Waals surface area contributed by atoms with Crippen LogP contribution in [0.1, 0.15) is 20.3 Å².